The lowest BCUT2D eigenvalue weighted by molar-refractivity contribution is 1.17. The standard InChI is InChI=1S/C62H34N8/c1-65-48-25-30-59-53(33-48)54-34-49(66-2)26-31-60(54)70(59)51-29-32-61-55(35-51)52-5-3-4-6-58(52)69(61)50-27-23-44(24-28-50)42-17-15-41(16-18-42)43-19-21-46(22-20-43)57-36-56(45-11-7-39(37-63)8-12-45)67-62(68-57)47-13-9-40(38-64)10-14-47/h3-36H. The van der Waals surface area contributed by atoms with Crippen molar-refractivity contribution in [2.75, 3.05) is 0 Å². The Morgan fingerprint density at radius 2 is 0.743 bits per heavy atom. The Morgan fingerprint density at radius 3 is 1.24 bits per heavy atom. The minimum Gasteiger partial charge on any atom is -0.309 e. The fraction of sp³-hybridized carbons (Fsp3) is 0. The Bertz CT molecular complexity index is 4080. The second-order valence-corrected chi connectivity index (χ2v) is 17.1. The van der Waals surface area contributed by atoms with Crippen molar-refractivity contribution in [1.29, 1.82) is 10.5 Å². The van der Waals surface area contributed by atoms with Crippen molar-refractivity contribution in [3.8, 4) is 79.7 Å². The van der Waals surface area contributed by atoms with E-state index < -0.39 is 0 Å². The maximum Gasteiger partial charge on any atom is 0.188 e. The smallest absolute Gasteiger partial charge is 0.188 e. The van der Waals surface area contributed by atoms with Crippen LogP contribution < -0.4 is 0 Å². The molecule has 0 unspecified atom stereocenters. The molecule has 0 aliphatic heterocycles. The van der Waals surface area contributed by atoms with Crippen LogP contribution >= 0.6 is 0 Å². The molecule has 8 nitrogen and oxygen atoms in total. The van der Waals surface area contributed by atoms with E-state index in [1.807, 2.05) is 66.7 Å². The van der Waals surface area contributed by atoms with Gasteiger partial charge in [0.2, 0.25) is 0 Å². The van der Waals surface area contributed by atoms with Gasteiger partial charge in [0.25, 0.3) is 0 Å². The summed E-state index contributed by atoms with van der Waals surface area (Å²) in [5, 5.41) is 22.9. The molecule has 12 rings (SSSR count). The average Bonchev–Trinajstić information content (AvgIpc) is 3.94. The van der Waals surface area contributed by atoms with E-state index in [1.165, 1.54) is 0 Å². The molecule has 0 fully saturated rings. The second-order valence-electron chi connectivity index (χ2n) is 17.1. The second kappa shape index (κ2) is 16.8. The number of rotatable bonds is 7. The lowest BCUT2D eigenvalue weighted by atomic mass is 9.98. The summed E-state index contributed by atoms with van der Waals surface area (Å²) in [7, 11) is 0. The average molecular weight is 891 g/mol. The minimum absolute atomic E-state index is 0.547. The molecule has 0 N–H and O–H groups in total. The quantitative estimate of drug-likeness (QED) is 0.149. The van der Waals surface area contributed by atoms with E-state index in [0.717, 1.165) is 105 Å². The Morgan fingerprint density at radius 1 is 0.357 bits per heavy atom. The first-order valence-corrected chi connectivity index (χ1v) is 22.6. The highest BCUT2D eigenvalue weighted by Crippen LogP contribution is 2.40. The maximum atomic E-state index is 9.36. The van der Waals surface area contributed by atoms with Crippen LogP contribution in [0.4, 0.5) is 11.4 Å². The van der Waals surface area contributed by atoms with Crippen LogP contribution in [0.1, 0.15) is 11.1 Å². The van der Waals surface area contributed by atoms with Gasteiger partial charge in [-0.3, -0.25) is 0 Å². The van der Waals surface area contributed by atoms with Gasteiger partial charge in [0.05, 0.1) is 69.9 Å². The highest BCUT2D eigenvalue weighted by Gasteiger charge is 2.18. The zero-order chi connectivity index (χ0) is 47.3. The number of hydrogen-bond acceptors (Lipinski definition) is 4. The number of nitriles is 2. The number of aromatic nitrogens is 4. The normalized spacial score (nSPS) is 11.1. The van der Waals surface area contributed by atoms with E-state index in [9.17, 15) is 10.5 Å². The Labute approximate surface area is 402 Å². The lowest BCUT2D eigenvalue weighted by Crippen LogP contribution is -1.96. The van der Waals surface area contributed by atoms with E-state index in [-0.39, 0.29) is 0 Å². The molecule has 0 saturated carbocycles. The van der Waals surface area contributed by atoms with Gasteiger partial charge in [-0.1, -0.05) is 103 Å². The summed E-state index contributed by atoms with van der Waals surface area (Å²) in [5.41, 5.74) is 17.0. The van der Waals surface area contributed by atoms with Gasteiger partial charge in [-0.15, -0.1) is 0 Å². The Balaban J connectivity index is 0.836. The summed E-state index contributed by atoms with van der Waals surface area (Å²) < 4.78 is 4.56. The number of hydrogen-bond donors (Lipinski definition) is 0. The number of nitrogens with zero attached hydrogens (tertiary/aromatic N) is 8. The third-order valence-corrected chi connectivity index (χ3v) is 13.1. The van der Waals surface area contributed by atoms with Crippen molar-refractivity contribution in [3.63, 3.8) is 0 Å². The Kier molecular flexibility index (Phi) is 9.86. The van der Waals surface area contributed by atoms with Gasteiger partial charge in [0.15, 0.2) is 17.2 Å². The molecule has 12 aromatic rings. The molecule has 322 valence electrons. The molecule has 3 aromatic heterocycles. The predicted octanol–water partition coefficient (Wildman–Crippen LogP) is 15.9. The monoisotopic (exact) mass is 890 g/mol. The van der Waals surface area contributed by atoms with Crippen LogP contribution in [0.25, 0.3) is 121 Å². The van der Waals surface area contributed by atoms with Crippen molar-refractivity contribution < 1.29 is 0 Å². The molecule has 0 bridgehead atoms. The highest BCUT2D eigenvalue weighted by molar-refractivity contribution is 6.13. The van der Waals surface area contributed by atoms with E-state index in [0.29, 0.717) is 28.3 Å². The molecule has 9 aromatic carbocycles. The summed E-state index contributed by atoms with van der Waals surface area (Å²) in [6.07, 6.45) is 0. The van der Waals surface area contributed by atoms with Crippen molar-refractivity contribution >= 4 is 55.0 Å². The molecular weight excluding hydrogens is 857 g/mol. The summed E-state index contributed by atoms with van der Waals surface area (Å²) in [5.74, 6) is 0.547. The van der Waals surface area contributed by atoms with Crippen LogP contribution in [0.3, 0.4) is 0 Å². The number of benzene rings is 9. The zero-order valence-corrected chi connectivity index (χ0v) is 37.2. The number of para-hydroxylation sites is 1. The summed E-state index contributed by atoms with van der Waals surface area (Å²) in [6, 6.07) is 73.4. The van der Waals surface area contributed by atoms with Crippen LogP contribution in [-0.2, 0) is 0 Å². The maximum absolute atomic E-state index is 9.36. The van der Waals surface area contributed by atoms with Crippen LogP contribution in [0.15, 0.2) is 206 Å². The predicted molar refractivity (Wildman–Crippen MR) is 280 cm³/mol. The van der Waals surface area contributed by atoms with Crippen molar-refractivity contribution in [2.24, 2.45) is 0 Å². The van der Waals surface area contributed by atoms with Gasteiger partial charge in [-0.2, -0.15) is 10.5 Å². The molecular formula is C62H34N8. The molecule has 0 aliphatic rings. The fourth-order valence-electron chi connectivity index (χ4n) is 9.57. The molecule has 0 atom stereocenters. The van der Waals surface area contributed by atoms with Gasteiger partial charge in [-0.05, 0) is 136 Å². The third-order valence-electron chi connectivity index (χ3n) is 13.1. The van der Waals surface area contributed by atoms with E-state index in [1.54, 1.807) is 24.3 Å². The van der Waals surface area contributed by atoms with Gasteiger partial charge >= 0.3 is 0 Å². The number of fused-ring (bicyclic) bond motifs is 6. The molecule has 70 heavy (non-hydrogen) atoms. The van der Waals surface area contributed by atoms with Gasteiger partial charge < -0.3 is 9.13 Å². The minimum atomic E-state index is 0.547. The van der Waals surface area contributed by atoms with Gasteiger partial charge in [0, 0.05) is 38.8 Å². The molecule has 0 radical (unpaired) electrons. The molecule has 3 heterocycles. The highest BCUT2D eigenvalue weighted by atomic mass is 15.0. The van der Waals surface area contributed by atoms with Crippen molar-refractivity contribution in [2.45, 2.75) is 0 Å². The SMILES string of the molecule is [C-]#[N+]c1ccc2c(c1)c1cc([N+]#[C-])ccc1n2-c1ccc2c(c1)c1ccccc1n2-c1ccc(-c2ccc(-c3ccc(-c4cc(-c5ccc(C#N)cc5)nc(-c5ccc(C#N)cc5)n4)cc3)cc2)cc1. The van der Waals surface area contributed by atoms with Gasteiger partial charge in [-0.25, -0.2) is 19.7 Å². The van der Waals surface area contributed by atoms with Crippen LogP contribution in [0.2, 0.25) is 0 Å². The molecule has 0 saturated heterocycles. The van der Waals surface area contributed by atoms with E-state index >= 15 is 0 Å². The first kappa shape index (κ1) is 41.1. The fourth-order valence-corrected chi connectivity index (χ4v) is 9.57. The summed E-state index contributed by atoms with van der Waals surface area (Å²) in [4.78, 5) is 17.2. The lowest BCUT2D eigenvalue weighted by Gasteiger charge is -2.12. The first-order chi connectivity index (χ1) is 34.5. The topological polar surface area (TPSA) is 91.9 Å². The Hall–Kier alpha value is -10.4. The first-order valence-electron chi connectivity index (χ1n) is 22.6. The van der Waals surface area contributed by atoms with Crippen molar-refractivity contribution in [3.05, 3.63) is 240 Å². The molecule has 0 aliphatic carbocycles. The largest absolute Gasteiger partial charge is 0.309 e. The van der Waals surface area contributed by atoms with Crippen molar-refractivity contribution in [1.82, 2.24) is 19.1 Å². The molecule has 0 amide bonds. The molecule has 8 heteroatoms. The van der Waals surface area contributed by atoms with Crippen LogP contribution in [0.5, 0.6) is 0 Å². The van der Waals surface area contributed by atoms with Crippen LogP contribution in [0, 0.1) is 35.8 Å². The zero-order valence-electron chi connectivity index (χ0n) is 37.2. The van der Waals surface area contributed by atoms with Crippen LogP contribution in [-0.4, -0.2) is 19.1 Å². The summed E-state index contributed by atoms with van der Waals surface area (Å²) in [6.45, 7) is 15.3. The molecule has 0 spiro atoms. The van der Waals surface area contributed by atoms with E-state index in [2.05, 4.69) is 146 Å². The summed E-state index contributed by atoms with van der Waals surface area (Å²) >= 11 is 0. The third kappa shape index (κ3) is 7.07. The van der Waals surface area contributed by atoms with E-state index in [4.69, 9.17) is 23.1 Å². The van der Waals surface area contributed by atoms with Gasteiger partial charge in [0.1, 0.15) is 0 Å².